The van der Waals surface area contributed by atoms with Gasteiger partial charge in [0.05, 0.1) is 0 Å². The summed E-state index contributed by atoms with van der Waals surface area (Å²) in [6.07, 6.45) is 3.84. The first-order valence-electron chi connectivity index (χ1n) is 4.99. The Kier molecular flexibility index (Phi) is 3.01. The van der Waals surface area contributed by atoms with E-state index in [9.17, 15) is 0 Å². The number of nitrogens with zero attached hydrogens (tertiary/aromatic N) is 3. The lowest BCUT2D eigenvalue weighted by Crippen LogP contribution is -2.21. The Morgan fingerprint density at radius 1 is 1.57 bits per heavy atom. The second kappa shape index (κ2) is 4.26. The minimum absolute atomic E-state index is 0.613. The van der Waals surface area contributed by atoms with Gasteiger partial charge in [-0.1, -0.05) is 22.9 Å². The molecule has 2 heterocycles. The van der Waals surface area contributed by atoms with E-state index in [1.54, 1.807) is 6.33 Å². The molecule has 0 saturated carbocycles. The van der Waals surface area contributed by atoms with Crippen molar-refractivity contribution >= 4 is 21.7 Å². The van der Waals surface area contributed by atoms with Gasteiger partial charge in [-0.25, -0.2) is 9.97 Å². The Hall–Kier alpha value is -0.640. The quantitative estimate of drug-likeness (QED) is 0.758. The highest BCUT2D eigenvalue weighted by molar-refractivity contribution is 9.09. The zero-order valence-electron chi connectivity index (χ0n) is 8.28. The molecule has 76 valence electrons. The van der Waals surface area contributed by atoms with Crippen molar-refractivity contribution in [3.05, 3.63) is 18.1 Å². The maximum absolute atomic E-state index is 4.30. The van der Waals surface area contributed by atoms with Gasteiger partial charge in [0.2, 0.25) is 0 Å². The standard InChI is InChI=1S/C10H14BrN3/c1-2-9-5-10(13-7-12-9)14-4-3-8(11)6-14/h5,7-8H,2-4,6H2,1H3. The lowest BCUT2D eigenvalue weighted by atomic mass is 10.3. The van der Waals surface area contributed by atoms with Gasteiger partial charge in [0.25, 0.3) is 0 Å². The van der Waals surface area contributed by atoms with Crippen molar-refractivity contribution in [2.45, 2.75) is 24.6 Å². The number of anilines is 1. The van der Waals surface area contributed by atoms with Crippen molar-refractivity contribution in [2.75, 3.05) is 18.0 Å². The van der Waals surface area contributed by atoms with E-state index in [1.807, 2.05) is 0 Å². The molecule has 0 spiro atoms. The zero-order valence-corrected chi connectivity index (χ0v) is 9.87. The molecule has 1 aromatic rings. The fourth-order valence-electron chi connectivity index (χ4n) is 1.68. The smallest absolute Gasteiger partial charge is 0.132 e. The largest absolute Gasteiger partial charge is 0.355 e. The Balaban J connectivity index is 2.15. The van der Waals surface area contributed by atoms with Crippen LogP contribution in [0.4, 0.5) is 5.82 Å². The number of aryl methyl sites for hydroxylation is 1. The number of hydrogen-bond donors (Lipinski definition) is 0. The highest BCUT2D eigenvalue weighted by Crippen LogP contribution is 2.22. The summed E-state index contributed by atoms with van der Waals surface area (Å²) in [4.78, 5) is 11.4. The molecule has 1 aromatic heterocycles. The summed E-state index contributed by atoms with van der Waals surface area (Å²) >= 11 is 3.63. The second-order valence-corrected chi connectivity index (χ2v) is 4.85. The van der Waals surface area contributed by atoms with Gasteiger partial charge in [-0.15, -0.1) is 0 Å². The molecular weight excluding hydrogens is 242 g/mol. The van der Waals surface area contributed by atoms with E-state index in [0.717, 1.165) is 31.0 Å². The van der Waals surface area contributed by atoms with Crippen molar-refractivity contribution < 1.29 is 0 Å². The van der Waals surface area contributed by atoms with Crippen LogP contribution in [0.15, 0.2) is 12.4 Å². The van der Waals surface area contributed by atoms with Gasteiger partial charge < -0.3 is 4.90 Å². The zero-order chi connectivity index (χ0) is 9.97. The van der Waals surface area contributed by atoms with Crippen LogP contribution in [-0.4, -0.2) is 27.9 Å². The predicted molar refractivity (Wildman–Crippen MR) is 61.0 cm³/mol. The normalized spacial score (nSPS) is 21.6. The van der Waals surface area contributed by atoms with Crippen LogP contribution in [0.1, 0.15) is 19.0 Å². The topological polar surface area (TPSA) is 29.0 Å². The van der Waals surface area contributed by atoms with E-state index in [4.69, 9.17) is 0 Å². The van der Waals surface area contributed by atoms with Crippen LogP contribution < -0.4 is 4.90 Å². The van der Waals surface area contributed by atoms with E-state index < -0.39 is 0 Å². The molecule has 0 aromatic carbocycles. The molecule has 0 bridgehead atoms. The molecule has 1 unspecified atom stereocenters. The summed E-state index contributed by atoms with van der Waals surface area (Å²) in [6.45, 7) is 4.26. The first-order chi connectivity index (χ1) is 6.79. The first kappa shape index (κ1) is 9.90. The lowest BCUT2D eigenvalue weighted by Gasteiger charge is -2.16. The van der Waals surface area contributed by atoms with Crippen molar-refractivity contribution in [2.24, 2.45) is 0 Å². The third kappa shape index (κ3) is 2.05. The number of alkyl halides is 1. The molecular formula is C10H14BrN3. The number of hydrogen-bond acceptors (Lipinski definition) is 3. The molecule has 14 heavy (non-hydrogen) atoms. The van der Waals surface area contributed by atoms with Gasteiger partial charge in [-0.3, -0.25) is 0 Å². The summed E-state index contributed by atoms with van der Waals surface area (Å²) in [5, 5.41) is 0. The molecule has 0 N–H and O–H groups in total. The van der Waals surface area contributed by atoms with Gasteiger partial charge in [0.1, 0.15) is 12.1 Å². The molecule has 2 rings (SSSR count). The lowest BCUT2D eigenvalue weighted by molar-refractivity contribution is 0.907. The minimum Gasteiger partial charge on any atom is -0.355 e. The SMILES string of the molecule is CCc1cc(N2CCC(Br)C2)ncn1. The van der Waals surface area contributed by atoms with Crippen LogP contribution in [0.5, 0.6) is 0 Å². The maximum Gasteiger partial charge on any atom is 0.132 e. The highest BCUT2D eigenvalue weighted by Gasteiger charge is 2.20. The van der Waals surface area contributed by atoms with Crippen molar-refractivity contribution in [3.63, 3.8) is 0 Å². The highest BCUT2D eigenvalue weighted by atomic mass is 79.9. The van der Waals surface area contributed by atoms with Crippen LogP contribution in [0.25, 0.3) is 0 Å². The molecule has 3 nitrogen and oxygen atoms in total. The number of halogens is 1. The fourth-order valence-corrected chi connectivity index (χ4v) is 2.23. The molecule has 1 atom stereocenters. The Morgan fingerprint density at radius 3 is 3.07 bits per heavy atom. The summed E-state index contributed by atoms with van der Waals surface area (Å²) in [5.41, 5.74) is 1.12. The van der Waals surface area contributed by atoms with E-state index in [-0.39, 0.29) is 0 Å². The Morgan fingerprint density at radius 2 is 2.43 bits per heavy atom. The molecule has 1 saturated heterocycles. The molecule has 0 amide bonds. The van der Waals surface area contributed by atoms with Crippen molar-refractivity contribution in [1.82, 2.24) is 9.97 Å². The minimum atomic E-state index is 0.613. The van der Waals surface area contributed by atoms with Crippen LogP contribution >= 0.6 is 15.9 Å². The molecule has 1 fully saturated rings. The van der Waals surface area contributed by atoms with Crippen LogP contribution in [0.2, 0.25) is 0 Å². The summed E-state index contributed by atoms with van der Waals surface area (Å²) in [7, 11) is 0. The number of aromatic nitrogens is 2. The van der Waals surface area contributed by atoms with Crippen molar-refractivity contribution in [3.8, 4) is 0 Å². The van der Waals surface area contributed by atoms with E-state index in [0.29, 0.717) is 4.83 Å². The summed E-state index contributed by atoms with van der Waals surface area (Å²) < 4.78 is 0. The van der Waals surface area contributed by atoms with Gasteiger partial charge in [0.15, 0.2) is 0 Å². The van der Waals surface area contributed by atoms with Gasteiger partial charge in [-0.05, 0) is 12.8 Å². The molecule has 0 radical (unpaired) electrons. The third-order valence-corrected chi connectivity index (χ3v) is 3.27. The van der Waals surface area contributed by atoms with E-state index >= 15 is 0 Å². The Bertz CT molecular complexity index is 316. The average Bonchev–Trinajstić information content (AvgIpc) is 2.65. The average molecular weight is 256 g/mol. The monoisotopic (exact) mass is 255 g/mol. The van der Waals surface area contributed by atoms with Crippen molar-refractivity contribution in [1.29, 1.82) is 0 Å². The van der Waals surface area contributed by atoms with E-state index in [1.165, 1.54) is 6.42 Å². The van der Waals surface area contributed by atoms with Gasteiger partial charge in [-0.2, -0.15) is 0 Å². The molecule has 0 aliphatic carbocycles. The summed E-state index contributed by atoms with van der Waals surface area (Å²) in [5.74, 6) is 1.07. The first-order valence-corrected chi connectivity index (χ1v) is 5.91. The van der Waals surface area contributed by atoms with Crippen LogP contribution in [-0.2, 0) is 6.42 Å². The van der Waals surface area contributed by atoms with Crippen LogP contribution in [0.3, 0.4) is 0 Å². The van der Waals surface area contributed by atoms with Crippen LogP contribution in [0, 0.1) is 0 Å². The van der Waals surface area contributed by atoms with Gasteiger partial charge in [0, 0.05) is 29.7 Å². The van der Waals surface area contributed by atoms with Gasteiger partial charge >= 0.3 is 0 Å². The Labute approximate surface area is 92.7 Å². The summed E-state index contributed by atoms with van der Waals surface area (Å²) in [6, 6.07) is 2.09. The predicted octanol–water partition coefficient (Wildman–Crippen LogP) is 2.01. The molecule has 4 heteroatoms. The molecule has 1 aliphatic rings. The maximum atomic E-state index is 4.30. The van der Waals surface area contributed by atoms with E-state index in [2.05, 4.69) is 43.8 Å². The fraction of sp³-hybridized carbons (Fsp3) is 0.600. The number of rotatable bonds is 2. The second-order valence-electron chi connectivity index (χ2n) is 3.55. The third-order valence-electron chi connectivity index (χ3n) is 2.53. The molecule has 1 aliphatic heterocycles.